The molecule has 4 nitrogen and oxygen atoms in total. The van der Waals surface area contributed by atoms with E-state index in [4.69, 9.17) is 4.74 Å². The summed E-state index contributed by atoms with van der Waals surface area (Å²) in [5, 5.41) is 2.43. The minimum absolute atomic E-state index is 0.388. The SMILES string of the molecule is CCCCOc1ccc(NC(=O)c2scnc2C(F)(F)F)cc1. The van der Waals surface area contributed by atoms with Crippen LogP contribution in [0.2, 0.25) is 0 Å². The molecule has 0 spiro atoms. The Bertz CT molecular complexity index is 653. The number of ether oxygens (including phenoxy) is 1. The van der Waals surface area contributed by atoms with Crippen LogP contribution >= 0.6 is 11.3 Å². The number of amides is 1. The molecule has 0 saturated heterocycles. The maximum absolute atomic E-state index is 12.7. The molecule has 23 heavy (non-hydrogen) atoms. The van der Waals surface area contributed by atoms with Gasteiger partial charge in [0.2, 0.25) is 0 Å². The molecule has 124 valence electrons. The van der Waals surface area contributed by atoms with Crippen LogP contribution in [0.25, 0.3) is 0 Å². The van der Waals surface area contributed by atoms with Crippen molar-refractivity contribution in [3.05, 3.63) is 40.3 Å². The molecule has 1 N–H and O–H groups in total. The van der Waals surface area contributed by atoms with Gasteiger partial charge >= 0.3 is 6.18 Å². The number of aromatic nitrogens is 1. The highest BCUT2D eigenvalue weighted by atomic mass is 32.1. The molecular formula is C15H15F3N2O2S. The van der Waals surface area contributed by atoms with Crippen LogP contribution < -0.4 is 10.1 Å². The van der Waals surface area contributed by atoms with Crippen molar-refractivity contribution in [2.24, 2.45) is 0 Å². The van der Waals surface area contributed by atoms with Gasteiger partial charge in [-0.2, -0.15) is 13.2 Å². The Balaban J connectivity index is 2.02. The van der Waals surface area contributed by atoms with E-state index in [-0.39, 0.29) is 0 Å². The molecule has 1 amide bonds. The third-order valence-electron chi connectivity index (χ3n) is 2.92. The lowest BCUT2D eigenvalue weighted by Crippen LogP contribution is -2.17. The molecule has 1 heterocycles. The summed E-state index contributed by atoms with van der Waals surface area (Å²) < 4.78 is 43.7. The van der Waals surface area contributed by atoms with Gasteiger partial charge in [0.15, 0.2) is 5.69 Å². The summed E-state index contributed by atoms with van der Waals surface area (Å²) in [6, 6.07) is 6.46. The number of carbonyl (C=O) groups excluding carboxylic acids is 1. The number of benzene rings is 1. The highest BCUT2D eigenvalue weighted by molar-refractivity contribution is 7.12. The van der Waals surface area contributed by atoms with Gasteiger partial charge in [0.25, 0.3) is 5.91 Å². The molecular weight excluding hydrogens is 329 g/mol. The number of unbranched alkanes of at least 4 members (excludes halogenated alkanes) is 1. The summed E-state index contributed by atoms with van der Waals surface area (Å²) in [7, 11) is 0. The predicted molar refractivity (Wildman–Crippen MR) is 81.9 cm³/mol. The van der Waals surface area contributed by atoms with Crippen molar-refractivity contribution in [1.29, 1.82) is 0 Å². The van der Waals surface area contributed by atoms with Crippen molar-refractivity contribution in [2.45, 2.75) is 25.9 Å². The molecule has 0 atom stereocenters. The molecule has 0 fully saturated rings. The van der Waals surface area contributed by atoms with E-state index < -0.39 is 22.7 Å². The van der Waals surface area contributed by atoms with Crippen molar-refractivity contribution in [3.63, 3.8) is 0 Å². The minimum Gasteiger partial charge on any atom is -0.494 e. The van der Waals surface area contributed by atoms with Gasteiger partial charge in [0.1, 0.15) is 10.6 Å². The highest BCUT2D eigenvalue weighted by Gasteiger charge is 2.38. The molecule has 1 aromatic heterocycles. The van der Waals surface area contributed by atoms with E-state index in [0.717, 1.165) is 18.4 Å². The lowest BCUT2D eigenvalue weighted by Gasteiger charge is -2.09. The van der Waals surface area contributed by atoms with Crippen molar-refractivity contribution in [1.82, 2.24) is 4.98 Å². The third-order valence-corrected chi connectivity index (χ3v) is 3.75. The number of anilines is 1. The van der Waals surface area contributed by atoms with E-state index >= 15 is 0 Å². The topological polar surface area (TPSA) is 51.2 Å². The van der Waals surface area contributed by atoms with Crippen LogP contribution in [0.3, 0.4) is 0 Å². The molecule has 2 rings (SSSR count). The monoisotopic (exact) mass is 344 g/mol. The first kappa shape index (κ1) is 17.3. The van der Waals surface area contributed by atoms with E-state index in [1.807, 2.05) is 0 Å². The average molecular weight is 344 g/mol. The van der Waals surface area contributed by atoms with Gasteiger partial charge in [-0.25, -0.2) is 4.98 Å². The molecule has 0 unspecified atom stereocenters. The van der Waals surface area contributed by atoms with Crippen molar-refractivity contribution >= 4 is 22.9 Å². The number of thiazole rings is 1. The summed E-state index contributed by atoms with van der Waals surface area (Å²) in [5.74, 6) is -0.190. The number of hydrogen-bond acceptors (Lipinski definition) is 4. The largest absolute Gasteiger partial charge is 0.494 e. The fraction of sp³-hybridized carbons (Fsp3) is 0.333. The second kappa shape index (κ2) is 7.45. The van der Waals surface area contributed by atoms with Crippen molar-refractivity contribution in [3.8, 4) is 5.75 Å². The quantitative estimate of drug-likeness (QED) is 0.780. The number of nitrogens with one attached hydrogen (secondary N) is 1. The first-order chi connectivity index (χ1) is 10.9. The van der Waals surface area contributed by atoms with E-state index in [2.05, 4.69) is 17.2 Å². The van der Waals surface area contributed by atoms with Gasteiger partial charge in [0, 0.05) is 5.69 Å². The molecule has 0 bridgehead atoms. The van der Waals surface area contributed by atoms with Crippen LogP contribution in [-0.4, -0.2) is 17.5 Å². The Labute approximate surface area is 135 Å². The lowest BCUT2D eigenvalue weighted by atomic mass is 10.2. The van der Waals surface area contributed by atoms with Gasteiger partial charge in [-0.15, -0.1) is 11.3 Å². The first-order valence-electron chi connectivity index (χ1n) is 6.96. The number of rotatable bonds is 6. The number of hydrogen-bond donors (Lipinski definition) is 1. The molecule has 0 saturated carbocycles. The molecule has 0 aliphatic carbocycles. The van der Waals surface area contributed by atoms with Crippen LogP contribution in [0.15, 0.2) is 29.8 Å². The zero-order valence-corrected chi connectivity index (χ0v) is 13.1. The molecule has 1 aromatic carbocycles. The summed E-state index contributed by atoms with van der Waals surface area (Å²) in [6.45, 7) is 2.65. The standard InChI is InChI=1S/C15H15F3N2O2S/c1-2-3-8-22-11-6-4-10(5-7-11)20-14(21)12-13(15(16,17)18)19-9-23-12/h4-7,9H,2-3,8H2,1H3,(H,20,21). The lowest BCUT2D eigenvalue weighted by molar-refractivity contribution is -0.141. The Kier molecular flexibility index (Phi) is 5.59. The maximum atomic E-state index is 12.7. The Morgan fingerprint density at radius 2 is 2.00 bits per heavy atom. The zero-order valence-electron chi connectivity index (χ0n) is 12.3. The third kappa shape index (κ3) is 4.69. The van der Waals surface area contributed by atoms with E-state index in [0.29, 0.717) is 29.4 Å². The second-order valence-electron chi connectivity index (χ2n) is 4.71. The summed E-state index contributed by atoms with van der Waals surface area (Å²) >= 11 is 0.653. The molecule has 2 aromatic rings. The van der Waals surface area contributed by atoms with Crippen LogP contribution in [0.5, 0.6) is 5.75 Å². The molecule has 0 aliphatic rings. The Hall–Kier alpha value is -2.09. The van der Waals surface area contributed by atoms with E-state index in [1.54, 1.807) is 24.3 Å². The van der Waals surface area contributed by atoms with Crippen molar-refractivity contribution in [2.75, 3.05) is 11.9 Å². The van der Waals surface area contributed by atoms with Gasteiger partial charge in [-0.1, -0.05) is 13.3 Å². The maximum Gasteiger partial charge on any atom is 0.434 e. The second-order valence-corrected chi connectivity index (χ2v) is 5.56. The summed E-state index contributed by atoms with van der Waals surface area (Å²) in [4.78, 5) is 14.7. The molecule has 0 radical (unpaired) electrons. The van der Waals surface area contributed by atoms with Crippen LogP contribution in [-0.2, 0) is 6.18 Å². The van der Waals surface area contributed by atoms with Crippen LogP contribution in [0, 0.1) is 0 Å². The fourth-order valence-electron chi connectivity index (χ4n) is 1.77. The number of carbonyl (C=O) groups is 1. The molecule has 8 heteroatoms. The van der Waals surface area contributed by atoms with Gasteiger partial charge in [-0.3, -0.25) is 4.79 Å². The van der Waals surface area contributed by atoms with Gasteiger partial charge in [-0.05, 0) is 30.7 Å². The van der Waals surface area contributed by atoms with Crippen LogP contribution in [0.4, 0.5) is 18.9 Å². The average Bonchev–Trinajstić information content (AvgIpc) is 2.99. The fourth-order valence-corrected chi connectivity index (χ4v) is 2.47. The summed E-state index contributed by atoms with van der Waals surface area (Å²) in [5.41, 5.74) is 0.224. The first-order valence-corrected chi connectivity index (χ1v) is 7.84. The Morgan fingerprint density at radius 3 is 2.61 bits per heavy atom. The van der Waals surface area contributed by atoms with Crippen molar-refractivity contribution < 1.29 is 22.7 Å². The number of halogens is 3. The minimum atomic E-state index is -4.65. The summed E-state index contributed by atoms with van der Waals surface area (Å²) in [6.07, 6.45) is -2.70. The van der Waals surface area contributed by atoms with Gasteiger partial charge < -0.3 is 10.1 Å². The Morgan fingerprint density at radius 1 is 1.30 bits per heavy atom. The van der Waals surface area contributed by atoms with E-state index in [9.17, 15) is 18.0 Å². The highest BCUT2D eigenvalue weighted by Crippen LogP contribution is 2.33. The predicted octanol–water partition coefficient (Wildman–Crippen LogP) is 4.59. The van der Waals surface area contributed by atoms with Gasteiger partial charge in [0.05, 0.1) is 12.1 Å². The smallest absolute Gasteiger partial charge is 0.434 e. The number of alkyl halides is 3. The van der Waals surface area contributed by atoms with Crippen LogP contribution in [0.1, 0.15) is 35.1 Å². The normalized spacial score (nSPS) is 11.3. The zero-order chi connectivity index (χ0) is 16.9. The molecule has 0 aliphatic heterocycles. The van der Waals surface area contributed by atoms with E-state index in [1.165, 1.54) is 0 Å². The number of nitrogens with zero attached hydrogens (tertiary/aromatic N) is 1.